The van der Waals surface area contributed by atoms with E-state index in [1.165, 1.54) is 0 Å². The molecule has 2 N–H and O–H groups in total. The number of likely N-dealkylation sites (tertiary alicyclic amines) is 1. The van der Waals surface area contributed by atoms with Crippen molar-refractivity contribution in [1.29, 1.82) is 0 Å². The number of carbonyl (C=O) groups excluding carboxylic acids is 2. The third-order valence-electron chi connectivity index (χ3n) is 4.83. The number of anilines is 1. The van der Waals surface area contributed by atoms with Crippen molar-refractivity contribution >= 4 is 17.6 Å². The summed E-state index contributed by atoms with van der Waals surface area (Å²) in [6.45, 7) is 3.74. The predicted octanol–water partition coefficient (Wildman–Crippen LogP) is 4.13. The van der Waals surface area contributed by atoms with Crippen molar-refractivity contribution in [1.82, 2.24) is 10.2 Å². The zero-order chi connectivity index (χ0) is 20.1. The van der Waals surface area contributed by atoms with Crippen LogP contribution < -0.4 is 10.6 Å². The van der Waals surface area contributed by atoms with Crippen LogP contribution in [-0.4, -0.2) is 36.5 Å². The second kappa shape index (κ2) is 8.82. The maximum atomic E-state index is 13.8. The molecule has 5 nitrogen and oxygen atoms in total. The summed E-state index contributed by atoms with van der Waals surface area (Å²) >= 11 is 0. The number of nitrogens with zero attached hydrogens (tertiary/aromatic N) is 1. The van der Waals surface area contributed by atoms with Gasteiger partial charge in [0.25, 0.3) is 5.91 Å². The van der Waals surface area contributed by atoms with E-state index in [1.807, 2.05) is 13.0 Å². The highest BCUT2D eigenvalue weighted by molar-refractivity contribution is 6.04. The predicted molar refractivity (Wildman–Crippen MR) is 103 cm³/mol. The first kappa shape index (κ1) is 19.8. The molecule has 1 saturated heterocycles. The maximum Gasteiger partial charge on any atom is 0.317 e. The molecule has 1 fully saturated rings. The zero-order valence-electron chi connectivity index (χ0n) is 15.7. The summed E-state index contributed by atoms with van der Waals surface area (Å²) in [6.07, 6.45) is 1.80. The third kappa shape index (κ3) is 4.65. The van der Waals surface area contributed by atoms with Gasteiger partial charge in [-0.1, -0.05) is 12.1 Å². The Balaban J connectivity index is 1.73. The van der Waals surface area contributed by atoms with E-state index < -0.39 is 17.5 Å². The van der Waals surface area contributed by atoms with Gasteiger partial charge in [0.05, 0.1) is 5.69 Å². The Labute approximate surface area is 162 Å². The normalized spacial score (nSPS) is 16.5. The average Bonchev–Trinajstić information content (AvgIpc) is 2.71. The summed E-state index contributed by atoms with van der Waals surface area (Å²) in [7, 11) is 0. The summed E-state index contributed by atoms with van der Waals surface area (Å²) < 4.78 is 27.1. The van der Waals surface area contributed by atoms with E-state index in [4.69, 9.17) is 0 Å². The quantitative estimate of drug-likeness (QED) is 0.829. The molecule has 0 radical (unpaired) electrons. The zero-order valence-corrected chi connectivity index (χ0v) is 15.7. The molecule has 3 amide bonds. The molecule has 2 aromatic carbocycles. The molecular formula is C21H23F2N3O2. The first-order chi connectivity index (χ1) is 13.5. The van der Waals surface area contributed by atoms with Crippen LogP contribution in [0.1, 0.15) is 41.6 Å². The van der Waals surface area contributed by atoms with Crippen LogP contribution in [0.4, 0.5) is 19.3 Å². The first-order valence-electron chi connectivity index (χ1n) is 9.37. The fourth-order valence-electron chi connectivity index (χ4n) is 3.42. The number of hydrogen-bond donors (Lipinski definition) is 2. The Morgan fingerprint density at radius 3 is 2.79 bits per heavy atom. The smallest absolute Gasteiger partial charge is 0.317 e. The van der Waals surface area contributed by atoms with Crippen molar-refractivity contribution in [2.45, 2.75) is 25.7 Å². The van der Waals surface area contributed by atoms with E-state index in [1.54, 1.807) is 23.1 Å². The molecule has 0 unspecified atom stereocenters. The van der Waals surface area contributed by atoms with Crippen LogP contribution in [0, 0.1) is 11.6 Å². The highest BCUT2D eigenvalue weighted by Gasteiger charge is 2.25. The molecule has 0 aliphatic carbocycles. The molecule has 2 aromatic rings. The van der Waals surface area contributed by atoms with Crippen molar-refractivity contribution in [3.63, 3.8) is 0 Å². The molecule has 1 atom stereocenters. The monoisotopic (exact) mass is 387 g/mol. The minimum atomic E-state index is -0.698. The molecule has 1 aliphatic heterocycles. The number of amides is 3. The summed E-state index contributed by atoms with van der Waals surface area (Å²) in [6, 6.07) is 9.89. The van der Waals surface area contributed by atoms with Crippen LogP contribution in [0.3, 0.4) is 0 Å². The lowest BCUT2D eigenvalue weighted by atomic mass is 9.89. The molecule has 148 valence electrons. The fourth-order valence-corrected chi connectivity index (χ4v) is 3.42. The largest absolute Gasteiger partial charge is 0.338 e. The van der Waals surface area contributed by atoms with Crippen molar-refractivity contribution in [3.05, 3.63) is 65.2 Å². The number of piperidine rings is 1. The van der Waals surface area contributed by atoms with Crippen LogP contribution in [-0.2, 0) is 0 Å². The van der Waals surface area contributed by atoms with E-state index in [-0.39, 0.29) is 17.6 Å². The van der Waals surface area contributed by atoms with Gasteiger partial charge in [-0.25, -0.2) is 13.6 Å². The second-order valence-corrected chi connectivity index (χ2v) is 6.82. The van der Waals surface area contributed by atoms with Gasteiger partial charge in [0.1, 0.15) is 11.6 Å². The molecule has 1 aliphatic rings. The van der Waals surface area contributed by atoms with Gasteiger partial charge in [-0.15, -0.1) is 0 Å². The molecule has 7 heteroatoms. The standard InChI is InChI=1S/C21H23F2N3O2/c1-2-24-21(28)26-10-4-7-16(13-26)14-5-3-6-15(11-14)20(27)25-19-12-17(22)8-9-18(19)23/h3,5-6,8-9,11-12,16H,2,4,7,10,13H2,1H3,(H,24,28)(H,25,27)/t16-/m1/s1. The van der Waals surface area contributed by atoms with E-state index in [9.17, 15) is 18.4 Å². The lowest BCUT2D eigenvalue weighted by Gasteiger charge is -2.33. The van der Waals surface area contributed by atoms with Gasteiger partial charge in [-0.05, 0) is 49.6 Å². The van der Waals surface area contributed by atoms with Crippen molar-refractivity contribution in [3.8, 4) is 0 Å². The highest BCUT2D eigenvalue weighted by Crippen LogP contribution is 2.28. The van der Waals surface area contributed by atoms with Crippen LogP contribution >= 0.6 is 0 Å². The maximum absolute atomic E-state index is 13.8. The van der Waals surface area contributed by atoms with Gasteiger partial charge in [-0.3, -0.25) is 4.79 Å². The number of benzene rings is 2. The highest BCUT2D eigenvalue weighted by atomic mass is 19.1. The Hall–Kier alpha value is -2.96. The molecule has 0 aromatic heterocycles. The van der Waals surface area contributed by atoms with Gasteiger partial charge in [0.2, 0.25) is 0 Å². The SMILES string of the molecule is CCNC(=O)N1CCC[C@@H](c2cccc(C(=O)Nc3cc(F)ccc3F)c2)C1. The van der Waals surface area contributed by atoms with E-state index in [0.717, 1.165) is 36.6 Å². The molecule has 28 heavy (non-hydrogen) atoms. The Bertz CT molecular complexity index is 872. The second-order valence-electron chi connectivity index (χ2n) is 6.82. The topological polar surface area (TPSA) is 61.4 Å². The Morgan fingerprint density at radius 2 is 2.00 bits per heavy atom. The number of carbonyl (C=O) groups is 2. The minimum Gasteiger partial charge on any atom is -0.338 e. The average molecular weight is 387 g/mol. The van der Waals surface area contributed by atoms with E-state index >= 15 is 0 Å². The lowest BCUT2D eigenvalue weighted by Crippen LogP contribution is -2.44. The third-order valence-corrected chi connectivity index (χ3v) is 4.83. The van der Waals surface area contributed by atoms with Crippen LogP contribution in [0.2, 0.25) is 0 Å². The number of nitrogens with one attached hydrogen (secondary N) is 2. The van der Waals surface area contributed by atoms with Crippen LogP contribution in [0.5, 0.6) is 0 Å². The number of rotatable bonds is 4. The van der Waals surface area contributed by atoms with Crippen molar-refractivity contribution in [2.75, 3.05) is 25.0 Å². The molecule has 0 bridgehead atoms. The summed E-state index contributed by atoms with van der Waals surface area (Å²) in [4.78, 5) is 26.4. The van der Waals surface area contributed by atoms with Crippen molar-refractivity contribution < 1.29 is 18.4 Å². The van der Waals surface area contributed by atoms with Crippen molar-refractivity contribution in [2.24, 2.45) is 0 Å². The summed E-state index contributed by atoms with van der Waals surface area (Å²) in [5, 5.41) is 5.22. The van der Waals surface area contributed by atoms with E-state index in [0.29, 0.717) is 25.2 Å². The van der Waals surface area contributed by atoms with Crippen LogP contribution in [0.15, 0.2) is 42.5 Å². The van der Waals surface area contributed by atoms with E-state index in [2.05, 4.69) is 10.6 Å². The van der Waals surface area contributed by atoms with Gasteiger partial charge in [0, 0.05) is 37.2 Å². The summed E-state index contributed by atoms with van der Waals surface area (Å²) in [5.41, 5.74) is 1.10. The van der Waals surface area contributed by atoms with Crippen LogP contribution in [0.25, 0.3) is 0 Å². The Kier molecular flexibility index (Phi) is 6.23. The number of urea groups is 1. The van der Waals surface area contributed by atoms with Gasteiger partial charge in [0.15, 0.2) is 0 Å². The minimum absolute atomic E-state index is 0.0809. The number of halogens is 2. The fraction of sp³-hybridized carbons (Fsp3) is 0.333. The number of hydrogen-bond acceptors (Lipinski definition) is 2. The first-order valence-corrected chi connectivity index (χ1v) is 9.37. The molecule has 3 rings (SSSR count). The van der Waals surface area contributed by atoms with Gasteiger partial charge < -0.3 is 15.5 Å². The van der Waals surface area contributed by atoms with Gasteiger partial charge >= 0.3 is 6.03 Å². The summed E-state index contributed by atoms with van der Waals surface area (Å²) in [5.74, 6) is -1.72. The molecular weight excluding hydrogens is 364 g/mol. The van der Waals surface area contributed by atoms with Gasteiger partial charge in [-0.2, -0.15) is 0 Å². The lowest BCUT2D eigenvalue weighted by molar-refractivity contribution is 0.102. The Morgan fingerprint density at radius 1 is 1.18 bits per heavy atom. The molecule has 0 saturated carbocycles. The molecule has 0 spiro atoms. The molecule has 1 heterocycles.